The van der Waals surface area contributed by atoms with Crippen LogP contribution in [0.25, 0.3) is 5.57 Å². The zero-order valence-corrected chi connectivity index (χ0v) is 12.2. The van der Waals surface area contributed by atoms with Crippen LogP contribution in [0.3, 0.4) is 0 Å². The second-order valence-electron chi connectivity index (χ2n) is 5.94. The van der Waals surface area contributed by atoms with E-state index in [9.17, 15) is 22.0 Å². The Morgan fingerprint density at radius 1 is 1.00 bits per heavy atom. The lowest BCUT2D eigenvalue weighted by molar-refractivity contribution is -0.360. The summed E-state index contributed by atoms with van der Waals surface area (Å²) in [7, 11) is 0. The Bertz CT molecular complexity index is 593. The molecule has 1 aromatic rings. The summed E-state index contributed by atoms with van der Waals surface area (Å²) in [5.41, 5.74) is 1.92. The Morgan fingerprint density at radius 3 is 2.30 bits per heavy atom. The van der Waals surface area contributed by atoms with Gasteiger partial charge in [0.15, 0.2) is 0 Å². The monoisotopic (exact) mass is 333 g/mol. The number of ether oxygens (including phenoxy) is 1. The van der Waals surface area contributed by atoms with Crippen molar-refractivity contribution in [2.75, 3.05) is 0 Å². The Hall–Kier alpha value is -1.63. The minimum Gasteiger partial charge on any atom is -0.426 e. The summed E-state index contributed by atoms with van der Waals surface area (Å²) in [6.45, 7) is 0. The third kappa shape index (κ3) is 3.49. The van der Waals surface area contributed by atoms with E-state index < -0.39 is 18.0 Å². The highest BCUT2D eigenvalue weighted by atomic mass is 19.4. The van der Waals surface area contributed by atoms with Gasteiger partial charge in [-0.25, -0.2) is 0 Å². The molecular formula is C16H16F5NO. The molecule has 1 N–H and O–H groups in total. The number of hydrogen-bond donors (Lipinski definition) is 1. The molecule has 2 aliphatic rings. The van der Waals surface area contributed by atoms with Gasteiger partial charge < -0.3 is 10.1 Å². The highest BCUT2D eigenvalue weighted by Gasteiger charge is 2.61. The summed E-state index contributed by atoms with van der Waals surface area (Å²) >= 11 is 0. The molecule has 2 heterocycles. The fourth-order valence-corrected chi connectivity index (χ4v) is 3.08. The van der Waals surface area contributed by atoms with Crippen LogP contribution in [0.1, 0.15) is 31.2 Å². The molecule has 23 heavy (non-hydrogen) atoms. The SMILES string of the molecule is FC(F)(F)C(F)(F)Oc1ccc(C2=CC3CCCC(C2)N3)cc1. The predicted octanol–water partition coefficient (Wildman–Crippen LogP) is 4.52. The summed E-state index contributed by atoms with van der Waals surface area (Å²) in [5, 5.41) is 3.49. The molecule has 0 radical (unpaired) electrons. The third-order valence-electron chi connectivity index (χ3n) is 4.19. The quantitative estimate of drug-likeness (QED) is 0.821. The lowest BCUT2D eigenvalue weighted by Gasteiger charge is -2.35. The number of piperidine rings is 1. The molecule has 3 rings (SSSR count). The molecule has 7 heteroatoms. The molecule has 0 saturated carbocycles. The largest absolute Gasteiger partial charge is 0.499 e. The number of halogens is 5. The van der Waals surface area contributed by atoms with Gasteiger partial charge in [0.2, 0.25) is 0 Å². The first kappa shape index (κ1) is 16.2. The maximum atomic E-state index is 12.9. The van der Waals surface area contributed by atoms with Crippen LogP contribution < -0.4 is 10.1 Å². The van der Waals surface area contributed by atoms with Crippen LogP contribution in [-0.4, -0.2) is 24.4 Å². The Kier molecular flexibility index (Phi) is 4.08. The van der Waals surface area contributed by atoms with Crippen molar-refractivity contribution in [3.8, 4) is 5.75 Å². The predicted molar refractivity (Wildman–Crippen MR) is 75.2 cm³/mol. The molecule has 1 saturated heterocycles. The standard InChI is InChI=1S/C16H16F5NO/c17-15(18,19)16(20,21)23-14-6-4-10(5-7-14)11-8-12-2-1-3-13(9-11)22-12/h4-8,12-13,22H,1-3,9H2. The van der Waals surface area contributed by atoms with E-state index in [4.69, 9.17) is 0 Å². The first-order chi connectivity index (χ1) is 10.7. The summed E-state index contributed by atoms with van der Waals surface area (Å²) in [5.74, 6) is -0.509. The van der Waals surface area contributed by atoms with Crippen LogP contribution in [0.4, 0.5) is 22.0 Å². The highest BCUT2D eigenvalue weighted by molar-refractivity contribution is 5.68. The van der Waals surface area contributed by atoms with E-state index in [-0.39, 0.29) is 0 Å². The van der Waals surface area contributed by atoms with E-state index in [1.165, 1.54) is 18.6 Å². The number of rotatable bonds is 3. The molecule has 1 aromatic carbocycles. The normalized spacial score (nSPS) is 25.0. The molecule has 0 spiro atoms. The molecule has 2 unspecified atom stereocenters. The van der Waals surface area contributed by atoms with E-state index in [1.54, 1.807) is 0 Å². The van der Waals surface area contributed by atoms with Crippen LogP contribution in [0, 0.1) is 0 Å². The molecule has 2 atom stereocenters. The van der Waals surface area contributed by atoms with Gasteiger partial charge in [-0.05, 0) is 42.5 Å². The van der Waals surface area contributed by atoms with Gasteiger partial charge in [-0.3, -0.25) is 0 Å². The summed E-state index contributed by atoms with van der Waals surface area (Å²) in [6.07, 6.45) is -4.68. The molecule has 0 aromatic heterocycles. The van der Waals surface area contributed by atoms with E-state index in [1.807, 2.05) is 0 Å². The van der Waals surface area contributed by atoms with Crippen molar-refractivity contribution in [1.29, 1.82) is 0 Å². The molecule has 1 fully saturated rings. The second-order valence-corrected chi connectivity index (χ2v) is 5.94. The zero-order chi connectivity index (χ0) is 16.7. The Labute approximate surface area is 130 Å². The Morgan fingerprint density at radius 2 is 1.70 bits per heavy atom. The number of hydrogen-bond acceptors (Lipinski definition) is 2. The average molecular weight is 333 g/mol. The fourth-order valence-electron chi connectivity index (χ4n) is 3.08. The minimum atomic E-state index is -5.74. The van der Waals surface area contributed by atoms with Crippen molar-refractivity contribution < 1.29 is 26.7 Å². The average Bonchev–Trinajstić information content (AvgIpc) is 2.46. The van der Waals surface area contributed by atoms with Gasteiger partial charge >= 0.3 is 12.3 Å². The van der Waals surface area contributed by atoms with Crippen LogP contribution in [0.15, 0.2) is 30.3 Å². The first-order valence-electron chi connectivity index (χ1n) is 7.45. The number of benzene rings is 1. The molecule has 126 valence electrons. The molecular weight excluding hydrogens is 317 g/mol. The lowest BCUT2D eigenvalue weighted by atomic mass is 9.85. The van der Waals surface area contributed by atoms with Crippen LogP contribution >= 0.6 is 0 Å². The van der Waals surface area contributed by atoms with E-state index in [2.05, 4.69) is 16.1 Å². The van der Waals surface area contributed by atoms with Gasteiger partial charge in [0.25, 0.3) is 0 Å². The van der Waals surface area contributed by atoms with Crippen LogP contribution in [0.2, 0.25) is 0 Å². The molecule has 0 amide bonds. The van der Waals surface area contributed by atoms with Gasteiger partial charge in [-0.15, -0.1) is 0 Å². The van der Waals surface area contributed by atoms with Crippen LogP contribution in [0.5, 0.6) is 5.75 Å². The van der Waals surface area contributed by atoms with Gasteiger partial charge in [0, 0.05) is 12.1 Å². The maximum Gasteiger partial charge on any atom is 0.499 e. The van der Waals surface area contributed by atoms with Crippen molar-refractivity contribution in [2.24, 2.45) is 0 Å². The minimum absolute atomic E-state index is 0.308. The van der Waals surface area contributed by atoms with Crippen LogP contribution in [-0.2, 0) is 0 Å². The van der Waals surface area contributed by atoms with Crippen molar-refractivity contribution >= 4 is 5.57 Å². The lowest BCUT2D eigenvalue weighted by Crippen LogP contribution is -2.44. The summed E-state index contributed by atoms with van der Waals surface area (Å²) in [6, 6.07) is 6.05. The van der Waals surface area contributed by atoms with Gasteiger partial charge in [-0.2, -0.15) is 22.0 Å². The highest BCUT2D eigenvalue weighted by Crippen LogP contribution is 2.38. The van der Waals surface area contributed by atoms with E-state index in [0.29, 0.717) is 12.1 Å². The third-order valence-corrected chi connectivity index (χ3v) is 4.19. The zero-order valence-electron chi connectivity index (χ0n) is 12.2. The first-order valence-corrected chi connectivity index (χ1v) is 7.45. The molecule has 2 nitrogen and oxygen atoms in total. The number of nitrogens with one attached hydrogen (secondary N) is 1. The fraction of sp³-hybridized carbons (Fsp3) is 0.500. The molecule has 0 aliphatic carbocycles. The van der Waals surface area contributed by atoms with Crippen molar-refractivity contribution in [2.45, 2.75) is 50.1 Å². The molecule has 2 aliphatic heterocycles. The summed E-state index contributed by atoms with van der Waals surface area (Å²) < 4.78 is 65.9. The second kappa shape index (κ2) is 5.78. The van der Waals surface area contributed by atoms with Gasteiger partial charge in [-0.1, -0.05) is 24.6 Å². The van der Waals surface area contributed by atoms with Crippen molar-refractivity contribution in [1.82, 2.24) is 5.32 Å². The Balaban J connectivity index is 1.74. The smallest absolute Gasteiger partial charge is 0.426 e. The van der Waals surface area contributed by atoms with Crippen molar-refractivity contribution in [3.05, 3.63) is 35.9 Å². The van der Waals surface area contributed by atoms with E-state index >= 15 is 0 Å². The van der Waals surface area contributed by atoms with Gasteiger partial charge in [0.1, 0.15) is 5.75 Å². The topological polar surface area (TPSA) is 21.3 Å². The molecule has 2 bridgehead atoms. The summed E-state index contributed by atoms with van der Waals surface area (Å²) in [4.78, 5) is 0. The van der Waals surface area contributed by atoms with Gasteiger partial charge in [0.05, 0.1) is 0 Å². The van der Waals surface area contributed by atoms with E-state index in [0.717, 1.165) is 42.5 Å². The van der Waals surface area contributed by atoms with Crippen molar-refractivity contribution in [3.63, 3.8) is 0 Å². The maximum absolute atomic E-state index is 12.9. The number of alkyl halides is 5. The number of fused-ring (bicyclic) bond motifs is 2.